The van der Waals surface area contributed by atoms with Gasteiger partial charge in [0.05, 0.1) is 0 Å². The summed E-state index contributed by atoms with van der Waals surface area (Å²) >= 11 is 0. The number of aliphatic hydroxyl groups excluding tert-OH is 1. The molecule has 0 atom stereocenters. The number of benzene rings is 6. The topological polar surface area (TPSA) is 37.3 Å². The van der Waals surface area contributed by atoms with Crippen LogP contribution in [0.4, 0.5) is 0 Å². The monoisotopic (exact) mass is 424 g/mol. The smallest absolute Gasteiger partial charge is 0.190 e. The van der Waals surface area contributed by atoms with Gasteiger partial charge in [0, 0.05) is 17.2 Å². The summed E-state index contributed by atoms with van der Waals surface area (Å²) in [6, 6.07) is 36.0. The third kappa shape index (κ3) is 3.24. The highest BCUT2D eigenvalue weighted by molar-refractivity contribution is 6.21. The van der Waals surface area contributed by atoms with Crippen LogP contribution in [0, 0.1) is 0 Å². The van der Waals surface area contributed by atoms with Crippen LogP contribution in [0.3, 0.4) is 0 Å². The zero-order valence-electron chi connectivity index (χ0n) is 17.8. The zero-order valence-corrected chi connectivity index (χ0v) is 17.8. The van der Waals surface area contributed by atoms with Crippen molar-refractivity contribution in [3.8, 4) is 0 Å². The second-order valence-electron chi connectivity index (χ2n) is 8.31. The van der Waals surface area contributed by atoms with Gasteiger partial charge < -0.3 is 5.11 Å². The molecule has 0 aliphatic heterocycles. The third-order valence-electron chi connectivity index (χ3n) is 6.34. The maximum absolute atomic E-state index is 13.3. The molecule has 2 heteroatoms. The average molecular weight is 424 g/mol. The van der Waals surface area contributed by atoms with Crippen molar-refractivity contribution in [3.05, 3.63) is 126 Å². The second-order valence-corrected chi connectivity index (χ2v) is 8.31. The van der Waals surface area contributed by atoms with E-state index < -0.39 is 0 Å². The lowest BCUT2D eigenvalue weighted by Crippen LogP contribution is -1.99. The first-order chi connectivity index (χ1) is 16.2. The standard InChI is InChI=1S/C31H20O2/c32-30(23-16-15-21-14-13-20-7-1-3-9-24(20)28(21)18-23)19-31(33)29-17-22-8-2-4-10-25(22)26-11-5-6-12-27(26)29/h1-19,32H/b30-19-. The molecule has 2 nitrogen and oxygen atoms in total. The summed E-state index contributed by atoms with van der Waals surface area (Å²) in [5.74, 6) is -0.250. The molecule has 0 aliphatic carbocycles. The lowest BCUT2D eigenvalue weighted by molar-refractivity contribution is 0.104. The van der Waals surface area contributed by atoms with Crippen molar-refractivity contribution in [3.63, 3.8) is 0 Å². The van der Waals surface area contributed by atoms with Crippen LogP contribution in [0.25, 0.3) is 48.8 Å². The molecule has 0 spiro atoms. The lowest BCUT2D eigenvalue weighted by Gasteiger charge is -2.09. The van der Waals surface area contributed by atoms with Gasteiger partial charge in [-0.15, -0.1) is 0 Å². The van der Waals surface area contributed by atoms with Gasteiger partial charge in [0.25, 0.3) is 0 Å². The SMILES string of the molecule is O=C(/C=C(\O)c1ccc2ccc3ccccc3c2c1)c1cc2ccccc2c2ccccc12. The highest BCUT2D eigenvalue weighted by Crippen LogP contribution is 2.31. The van der Waals surface area contributed by atoms with E-state index in [-0.39, 0.29) is 11.5 Å². The minimum Gasteiger partial charge on any atom is -0.507 e. The molecular formula is C31H20O2. The minimum atomic E-state index is -0.215. The second kappa shape index (κ2) is 7.61. The summed E-state index contributed by atoms with van der Waals surface area (Å²) in [4.78, 5) is 13.3. The zero-order chi connectivity index (χ0) is 22.4. The van der Waals surface area contributed by atoms with Gasteiger partial charge in [0.1, 0.15) is 5.76 Å². The van der Waals surface area contributed by atoms with Crippen molar-refractivity contribution < 1.29 is 9.90 Å². The number of aliphatic hydroxyl groups is 1. The number of hydrogen-bond acceptors (Lipinski definition) is 2. The molecule has 33 heavy (non-hydrogen) atoms. The fraction of sp³-hybridized carbons (Fsp3) is 0. The van der Waals surface area contributed by atoms with Crippen LogP contribution in [0.15, 0.2) is 115 Å². The summed E-state index contributed by atoms with van der Waals surface area (Å²) in [6.07, 6.45) is 1.34. The van der Waals surface area contributed by atoms with Gasteiger partial charge in [-0.3, -0.25) is 4.79 Å². The van der Waals surface area contributed by atoms with Crippen LogP contribution in [-0.2, 0) is 0 Å². The van der Waals surface area contributed by atoms with Crippen molar-refractivity contribution in [2.24, 2.45) is 0 Å². The number of carbonyl (C=O) groups excluding carboxylic acids is 1. The Labute approximate surface area is 191 Å². The van der Waals surface area contributed by atoms with E-state index in [0.29, 0.717) is 11.1 Å². The van der Waals surface area contributed by atoms with Crippen molar-refractivity contribution in [1.82, 2.24) is 0 Å². The highest BCUT2D eigenvalue weighted by Gasteiger charge is 2.13. The Hall–Kier alpha value is -4.43. The van der Waals surface area contributed by atoms with E-state index in [0.717, 1.165) is 43.1 Å². The molecule has 0 aliphatic rings. The van der Waals surface area contributed by atoms with Crippen molar-refractivity contribution in [1.29, 1.82) is 0 Å². The van der Waals surface area contributed by atoms with Crippen molar-refractivity contribution in [2.75, 3.05) is 0 Å². The summed E-state index contributed by atoms with van der Waals surface area (Å²) in [7, 11) is 0. The van der Waals surface area contributed by atoms with Crippen molar-refractivity contribution in [2.45, 2.75) is 0 Å². The maximum Gasteiger partial charge on any atom is 0.190 e. The molecule has 0 heterocycles. The van der Waals surface area contributed by atoms with Crippen LogP contribution in [0.1, 0.15) is 15.9 Å². The molecule has 1 N–H and O–H groups in total. The van der Waals surface area contributed by atoms with E-state index in [4.69, 9.17) is 0 Å². The fourth-order valence-electron chi connectivity index (χ4n) is 4.70. The summed E-state index contributed by atoms with van der Waals surface area (Å²) < 4.78 is 0. The molecule has 0 saturated carbocycles. The molecular weight excluding hydrogens is 404 g/mol. The van der Waals surface area contributed by atoms with Gasteiger partial charge in [0.2, 0.25) is 0 Å². The Morgan fingerprint density at radius 2 is 1.09 bits per heavy atom. The van der Waals surface area contributed by atoms with E-state index in [1.807, 2.05) is 78.9 Å². The molecule has 0 fully saturated rings. The molecule has 156 valence electrons. The number of allylic oxidation sites excluding steroid dienone is 1. The van der Waals surface area contributed by atoms with Crippen LogP contribution in [0.5, 0.6) is 0 Å². The van der Waals surface area contributed by atoms with E-state index in [9.17, 15) is 9.90 Å². The molecule has 0 radical (unpaired) electrons. The van der Waals surface area contributed by atoms with E-state index >= 15 is 0 Å². The number of ketones is 1. The predicted molar refractivity (Wildman–Crippen MR) is 138 cm³/mol. The Bertz CT molecular complexity index is 1740. The molecule has 6 rings (SSSR count). The van der Waals surface area contributed by atoms with Crippen LogP contribution in [-0.4, -0.2) is 10.9 Å². The number of fused-ring (bicyclic) bond motifs is 6. The largest absolute Gasteiger partial charge is 0.507 e. The van der Waals surface area contributed by atoms with Crippen LogP contribution in [0.2, 0.25) is 0 Å². The van der Waals surface area contributed by atoms with Crippen LogP contribution >= 0.6 is 0 Å². The number of hydrogen-bond donors (Lipinski definition) is 1. The quantitative estimate of drug-likeness (QED) is 0.135. The van der Waals surface area contributed by atoms with Gasteiger partial charge >= 0.3 is 0 Å². The lowest BCUT2D eigenvalue weighted by atomic mass is 9.94. The Balaban J connectivity index is 1.48. The predicted octanol–water partition coefficient (Wildman–Crippen LogP) is 8.08. The first-order valence-electron chi connectivity index (χ1n) is 11.0. The maximum atomic E-state index is 13.3. The Kier molecular flexibility index (Phi) is 4.44. The first-order valence-corrected chi connectivity index (χ1v) is 11.0. The molecule has 6 aromatic rings. The molecule has 0 aromatic heterocycles. The molecule has 0 unspecified atom stereocenters. The van der Waals surface area contributed by atoms with E-state index in [1.165, 1.54) is 6.08 Å². The van der Waals surface area contributed by atoms with Crippen LogP contribution < -0.4 is 0 Å². The van der Waals surface area contributed by atoms with Gasteiger partial charge in [0.15, 0.2) is 5.78 Å². The number of rotatable bonds is 3. The fourth-order valence-corrected chi connectivity index (χ4v) is 4.70. The van der Waals surface area contributed by atoms with E-state index in [2.05, 4.69) is 30.3 Å². The minimum absolute atomic E-state index is 0.0351. The van der Waals surface area contributed by atoms with Gasteiger partial charge in [-0.2, -0.15) is 0 Å². The summed E-state index contributed by atoms with van der Waals surface area (Å²) in [5, 5.41) is 19.3. The Morgan fingerprint density at radius 1 is 0.545 bits per heavy atom. The average Bonchev–Trinajstić information content (AvgIpc) is 2.87. The van der Waals surface area contributed by atoms with Gasteiger partial charge in [-0.25, -0.2) is 0 Å². The normalized spacial score (nSPS) is 12.1. The first kappa shape index (κ1) is 19.3. The third-order valence-corrected chi connectivity index (χ3v) is 6.34. The van der Waals surface area contributed by atoms with E-state index in [1.54, 1.807) is 0 Å². The molecule has 6 aromatic carbocycles. The Morgan fingerprint density at radius 3 is 1.85 bits per heavy atom. The molecule has 0 saturated heterocycles. The highest BCUT2D eigenvalue weighted by atomic mass is 16.3. The summed E-state index contributed by atoms with van der Waals surface area (Å²) in [5.41, 5.74) is 1.21. The van der Waals surface area contributed by atoms with Gasteiger partial charge in [-0.05, 0) is 55.2 Å². The number of carbonyl (C=O) groups is 1. The van der Waals surface area contributed by atoms with Gasteiger partial charge in [-0.1, -0.05) is 97.1 Å². The van der Waals surface area contributed by atoms with Crippen molar-refractivity contribution >= 4 is 54.6 Å². The molecule has 0 bridgehead atoms. The molecule has 0 amide bonds. The summed E-state index contributed by atoms with van der Waals surface area (Å²) in [6.45, 7) is 0.